The van der Waals surface area contributed by atoms with Gasteiger partial charge in [0.05, 0.1) is 12.0 Å². The smallest absolute Gasteiger partial charge is 0.313 e. The van der Waals surface area contributed by atoms with Crippen molar-refractivity contribution in [2.75, 3.05) is 6.61 Å². The molecule has 2 nitrogen and oxygen atoms in total. The Balaban J connectivity index is 1.72. The minimum Gasteiger partial charge on any atom is -0.465 e. The number of benzene rings is 2. The molecule has 1 aliphatic heterocycles. The SMILES string of the molecule is C=C1CC2COC(=O)C2(Cc2ccc3cc(C)ccc3c2)C1. The molecule has 2 fully saturated rings. The maximum atomic E-state index is 12.4. The Morgan fingerprint density at radius 2 is 2.00 bits per heavy atom. The van der Waals surface area contributed by atoms with E-state index in [1.54, 1.807) is 0 Å². The number of ether oxygens (including phenoxy) is 1. The third-order valence-corrected chi connectivity index (χ3v) is 5.28. The van der Waals surface area contributed by atoms with Crippen LogP contribution in [-0.4, -0.2) is 12.6 Å². The van der Waals surface area contributed by atoms with E-state index in [0.29, 0.717) is 12.5 Å². The summed E-state index contributed by atoms with van der Waals surface area (Å²) in [5, 5.41) is 2.49. The number of carbonyl (C=O) groups excluding carboxylic acids is 1. The summed E-state index contributed by atoms with van der Waals surface area (Å²) in [7, 11) is 0. The Morgan fingerprint density at radius 3 is 2.86 bits per heavy atom. The topological polar surface area (TPSA) is 26.3 Å². The van der Waals surface area contributed by atoms with E-state index in [-0.39, 0.29) is 11.4 Å². The molecule has 2 heteroatoms. The van der Waals surface area contributed by atoms with Gasteiger partial charge in [0.15, 0.2) is 0 Å². The summed E-state index contributed by atoms with van der Waals surface area (Å²) >= 11 is 0. The molecule has 2 aliphatic rings. The molecule has 1 saturated carbocycles. The summed E-state index contributed by atoms with van der Waals surface area (Å²) in [6.45, 7) is 6.78. The lowest BCUT2D eigenvalue weighted by Gasteiger charge is -2.24. The van der Waals surface area contributed by atoms with Gasteiger partial charge in [0.25, 0.3) is 0 Å². The van der Waals surface area contributed by atoms with Crippen LogP contribution in [-0.2, 0) is 16.0 Å². The van der Waals surface area contributed by atoms with Gasteiger partial charge < -0.3 is 4.74 Å². The molecule has 0 amide bonds. The predicted molar refractivity (Wildman–Crippen MR) is 87.6 cm³/mol. The lowest BCUT2D eigenvalue weighted by atomic mass is 9.75. The number of aryl methyl sites for hydroxylation is 1. The first-order chi connectivity index (χ1) is 10.6. The fourth-order valence-electron chi connectivity index (χ4n) is 4.15. The van der Waals surface area contributed by atoms with Crippen LogP contribution >= 0.6 is 0 Å². The third-order valence-electron chi connectivity index (χ3n) is 5.28. The largest absolute Gasteiger partial charge is 0.465 e. The molecule has 2 aromatic carbocycles. The summed E-state index contributed by atoms with van der Waals surface area (Å²) in [5.41, 5.74) is 3.31. The van der Waals surface area contributed by atoms with Gasteiger partial charge in [-0.3, -0.25) is 4.79 Å². The highest BCUT2D eigenvalue weighted by atomic mass is 16.5. The van der Waals surface area contributed by atoms with Crippen LogP contribution in [0, 0.1) is 18.3 Å². The Bertz CT molecular complexity index is 789. The predicted octanol–water partition coefficient (Wildman–Crippen LogP) is 4.20. The number of esters is 1. The molecular weight excluding hydrogens is 272 g/mol. The standard InChI is InChI=1S/C20H20O2/c1-13-3-5-17-9-15(4-6-16(17)7-13)11-20-10-14(2)8-18(20)12-22-19(20)21/h3-7,9,18H,2,8,10-12H2,1H3. The Hall–Kier alpha value is -2.09. The maximum Gasteiger partial charge on any atom is 0.313 e. The van der Waals surface area contributed by atoms with Crippen molar-refractivity contribution in [2.24, 2.45) is 11.3 Å². The summed E-state index contributed by atoms with van der Waals surface area (Å²) in [5.74, 6) is 0.279. The number of cyclic esters (lactones) is 1. The summed E-state index contributed by atoms with van der Waals surface area (Å²) in [4.78, 5) is 12.4. The summed E-state index contributed by atoms with van der Waals surface area (Å²) < 4.78 is 5.37. The normalized spacial score (nSPS) is 27.2. The molecule has 2 unspecified atom stereocenters. The first kappa shape index (κ1) is 13.6. The van der Waals surface area contributed by atoms with Crippen molar-refractivity contribution >= 4 is 16.7 Å². The number of allylic oxidation sites excluding steroid dienone is 1. The first-order valence-corrected chi connectivity index (χ1v) is 7.90. The summed E-state index contributed by atoms with van der Waals surface area (Å²) in [6.07, 6.45) is 2.47. The average molecular weight is 292 g/mol. The zero-order chi connectivity index (χ0) is 15.3. The molecule has 0 aromatic heterocycles. The molecule has 4 rings (SSSR count). The van der Waals surface area contributed by atoms with Gasteiger partial charge >= 0.3 is 5.97 Å². The van der Waals surface area contributed by atoms with Crippen LogP contribution in [0.2, 0.25) is 0 Å². The van der Waals surface area contributed by atoms with Crippen LogP contribution in [0.3, 0.4) is 0 Å². The number of fused-ring (bicyclic) bond motifs is 2. The van der Waals surface area contributed by atoms with Crippen LogP contribution < -0.4 is 0 Å². The van der Waals surface area contributed by atoms with Crippen molar-refractivity contribution in [3.05, 3.63) is 59.7 Å². The second kappa shape index (κ2) is 4.70. The molecule has 1 aliphatic carbocycles. The second-order valence-electron chi connectivity index (χ2n) is 6.94. The zero-order valence-electron chi connectivity index (χ0n) is 12.9. The van der Waals surface area contributed by atoms with E-state index in [1.807, 2.05) is 0 Å². The van der Waals surface area contributed by atoms with Crippen LogP contribution in [0.15, 0.2) is 48.6 Å². The average Bonchev–Trinajstić information content (AvgIpc) is 2.95. The second-order valence-corrected chi connectivity index (χ2v) is 6.94. The van der Waals surface area contributed by atoms with Gasteiger partial charge in [-0.15, -0.1) is 0 Å². The molecule has 2 atom stereocenters. The molecule has 1 saturated heterocycles. The van der Waals surface area contributed by atoms with Crippen LogP contribution in [0.5, 0.6) is 0 Å². The van der Waals surface area contributed by atoms with Crippen LogP contribution in [0.1, 0.15) is 24.0 Å². The Labute approximate surface area is 130 Å². The van der Waals surface area contributed by atoms with Crippen molar-refractivity contribution in [2.45, 2.75) is 26.2 Å². The lowest BCUT2D eigenvalue weighted by molar-refractivity contribution is -0.146. The van der Waals surface area contributed by atoms with E-state index in [2.05, 4.69) is 49.9 Å². The number of carbonyl (C=O) groups is 1. The highest BCUT2D eigenvalue weighted by Gasteiger charge is 2.55. The molecule has 0 spiro atoms. The number of hydrogen-bond donors (Lipinski definition) is 0. The van der Waals surface area contributed by atoms with E-state index in [0.717, 1.165) is 19.3 Å². The van der Waals surface area contributed by atoms with Gasteiger partial charge in [-0.25, -0.2) is 0 Å². The van der Waals surface area contributed by atoms with E-state index in [9.17, 15) is 4.79 Å². The van der Waals surface area contributed by atoms with Gasteiger partial charge in [-0.1, -0.05) is 54.1 Å². The van der Waals surface area contributed by atoms with E-state index < -0.39 is 0 Å². The lowest BCUT2D eigenvalue weighted by Crippen LogP contribution is -2.31. The molecule has 0 N–H and O–H groups in total. The Morgan fingerprint density at radius 1 is 1.23 bits per heavy atom. The maximum absolute atomic E-state index is 12.4. The first-order valence-electron chi connectivity index (χ1n) is 7.90. The number of hydrogen-bond acceptors (Lipinski definition) is 2. The van der Waals surface area contributed by atoms with Crippen molar-refractivity contribution < 1.29 is 9.53 Å². The van der Waals surface area contributed by atoms with E-state index >= 15 is 0 Å². The third kappa shape index (κ3) is 1.98. The molecular formula is C20H20O2. The Kier molecular flexibility index (Phi) is 2.90. The molecule has 0 bridgehead atoms. The van der Waals surface area contributed by atoms with E-state index in [1.165, 1.54) is 27.5 Å². The molecule has 2 aromatic rings. The minimum absolute atomic E-state index is 0.0276. The van der Waals surface area contributed by atoms with Gasteiger partial charge in [-0.05, 0) is 42.5 Å². The van der Waals surface area contributed by atoms with Gasteiger partial charge in [0, 0.05) is 5.92 Å². The molecule has 22 heavy (non-hydrogen) atoms. The van der Waals surface area contributed by atoms with Gasteiger partial charge in [0.1, 0.15) is 0 Å². The van der Waals surface area contributed by atoms with Crippen molar-refractivity contribution in [3.8, 4) is 0 Å². The van der Waals surface area contributed by atoms with Gasteiger partial charge in [0.2, 0.25) is 0 Å². The number of rotatable bonds is 2. The van der Waals surface area contributed by atoms with Crippen molar-refractivity contribution in [1.82, 2.24) is 0 Å². The van der Waals surface area contributed by atoms with Crippen molar-refractivity contribution in [3.63, 3.8) is 0 Å². The highest BCUT2D eigenvalue weighted by molar-refractivity contribution is 5.85. The van der Waals surface area contributed by atoms with Gasteiger partial charge in [-0.2, -0.15) is 0 Å². The quantitative estimate of drug-likeness (QED) is 0.612. The van der Waals surface area contributed by atoms with Crippen molar-refractivity contribution in [1.29, 1.82) is 0 Å². The van der Waals surface area contributed by atoms with E-state index in [4.69, 9.17) is 4.74 Å². The fourth-order valence-corrected chi connectivity index (χ4v) is 4.15. The summed E-state index contributed by atoms with van der Waals surface area (Å²) in [6, 6.07) is 13.0. The van der Waals surface area contributed by atoms with Crippen LogP contribution in [0.4, 0.5) is 0 Å². The molecule has 1 heterocycles. The zero-order valence-corrected chi connectivity index (χ0v) is 12.9. The molecule has 112 valence electrons. The minimum atomic E-state index is -0.366. The highest BCUT2D eigenvalue weighted by Crippen LogP contribution is 2.52. The molecule has 0 radical (unpaired) electrons. The fraction of sp³-hybridized carbons (Fsp3) is 0.350. The van der Waals surface area contributed by atoms with Crippen LogP contribution in [0.25, 0.3) is 10.8 Å². The monoisotopic (exact) mass is 292 g/mol.